The lowest BCUT2D eigenvalue weighted by atomic mass is 9.97. The highest BCUT2D eigenvalue weighted by atomic mass is 35.5. The molecule has 1 aliphatic rings. The molecule has 5 heteroatoms. The molecule has 0 saturated carbocycles. The Bertz CT molecular complexity index is 417. The first-order valence-corrected chi connectivity index (χ1v) is 7.43. The average molecular weight is 313 g/mol. The third-order valence-corrected chi connectivity index (χ3v) is 3.67. The number of hydrogen-bond acceptors (Lipinski definition) is 3. The van der Waals surface area contributed by atoms with Crippen molar-refractivity contribution in [2.75, 3.05) is 19.7 Å². The number of carbonyl (C=O) groups excluding carboxylic acids is 1. The quantitative estimate of drug-likeness (QED) is 0.847. The minimum atomic E-state index is 0. The van der Waals surface area contributed by atoms with Crippen LogP contribution in [0.4, 0.5) is 0 Å². The molecule has 1 amide bonds. The number of amides is 1. The van der Waals surface area contributed by atoms with Crippen LogP contribution in [0.15, 0.2) is 24.3 Å². The van der Waals surface area contributed by atoms with Crippen LogP contribution in [0.25, 0.3) is 0 Å². The van der Waals surface area contributed by atoms with Crippen molar-refractivity contribution in [1.82, 2.24) is 10.6 Å². The second-order valence-corrected chi connectivity index (χ2v) is 5.20. The van der Waals surface area contributed by atoms with Crippen LogP contribution in [0.1, 0.15) is 30.9 Å². The van der Waals surface area contributed by atoms with Gasteiger partial charge in [-0.1, -0.05) is 24.3 Å². The lowest BCUT2D eigenvalue weighted by Gasteiger charge is -2.21. The van der Waals surface area contributed by atoms with Crippen molar-refractivity contribution in [1.29, 1.82) is 0 Å². The van der Waals surface area contributed by atoms with Crippen molar-refractivity contribution < 1.29 is 9.53 Å². The Hall–Kier alpha value is -1.10. The van der Waals surface area contributed by atoms with Gasteiger partial charge in [-0.05, 0) is 44.0 Å². The first-order chi connectivity index (χ1) is 9.79. The summed E-state index contributed by atoms with van der Waals surface area (Å²) in [5, 5.41) is 6.31. The van der Waals surface area contributed by atoms with Crippen LogP contribution in [-0.4, -0.2) is 25.6 Å². The molecule has 1 heterocycles. The SMILES string of the molecule is CCOCc1ccc(CNC(=O)C2CCNCC2)cc1.Cl. The van der Waals surface area contributed by atoms with Gasteiger partial charge < -0.3 is 15.4 Å². The molecular formula is C16H25ClN2O2. The number of ether oxygens (including phenoxy) is 1. The maximum atomic E-state index is 12.0. The molecule has 0 aromatic heterocycles. The zero-order chi connectivity index (χ0) is 14.2. The van der Waals surface area contributed by atoms with Gasteiger partial charge in [-0.15, -0.1) is 12.4 Å². The van der Waals surface area contributed by atoms with Crippen molar-refractivity contribution in [3.63, 3.8) is 0 Å². The predicted molar refractivity (Wildman–Crippen MR) is 86.5 cm³/mol. The number of piperidine rings is 1. The number of rotatable bonds is 6. The normalized spacial score (nSPS) is 15.3. The summed E-state index contributed by atoms with van der Waals surface area (Å²) in [5.41, 5.74) is 2.30. The standard InChI is InChI=1S/C16H24N2O2.ClH/c1-2-20-12-14-5-3-13(4-6-14)11-18-16(19)15-7-9-17-10-8-15;/h3-6,15,17H,2,7-12H2,1H3,(H,18,19);1H. The van der Waals surface area contributed by atoms with Gasteiger partial charge in [0.1, 0.15) is 0 Å². The molecule has 1 aromatic carbocycles. The Kier molecular flexibility index (Phi) is 8.35. The third kappa shape index (κ3) is 6.04. The van der Waals surface area contributed by atoms with E-state index in [9.17, 15) is 4.79 Å². The monoisotopic (exact) mass is 312 g/mol. The molecule has 0 bridgehead atoms. The second-order valence-electron chi connectivity index (χ2n) is 5.20. The molecule has 2 N–H and O–H groups in total. The minimum Gasteiger partial charge on any atom is -0.377 e. The molecule has 2 rings (SSSR count). The van der Waals surface area contributed by atoms with E-state index in [-0.39, 0.29) is 24.2 Å². The van der Waals surface area contributed by atoms with E-state index in [0.717, 1.165) is 38.1 Å². The number of halogens is 1. The topological polar surface area (TPSA) is 50.4 Å². The van der Waals surface area contributed by atoms with Crippen LogP contribution >= 0.6 is 12.4 Å². The Labute approximate surface area is 133 Å². The van der Waals surface area contributed by atoms with Gasteiger partial charge in [-0.3, -0.25) is 4.79 Å². The highest BCUT2D eigenvalue weighted by Gasteiger charge is 2.20. The number of carbonyl (C=O) groups is 1. The van der Waals surface area contributed by atoms with Gasteiger partial charge in [0.25, 0.3) is 0 Å². The van der Waals surface area contributed by atoms with E-state index in [0.29, 0.717) is 13.2 Å². The summed E-state index contributed by atoms with van der Waals surface area (Å²) in [6.07, 6.45) is 1.89. The predicted octanol–water partition coefficient (Wildman–Crippen LogP) is 2.26. The molecule has 0 unspecified atom stereocenters. The molecule has 1 saturated heterocycles. The summed E-state index contributed by atoms with van der Waals surface area (Å²) in [6.45, 7) is 5.88. The van der Waals surface area contributed by atoms with E-state index in [1.54, 1.807) is 0 Å². The molecular weight excluding hydrogens is 288 g/mol. The Balaban J connectivity index is 0.00000220. The van der Waals surface area contributed by atoms with Crippen molar-refractivity contribution >= 4 is 18.3 Å². The fourth-order valence-electron chi connectivity index (χ4n) is 2.39. The fourth-order valence-corrected chi connectivity index (χ4v) is 2.39. The van der Waals surface area contributed by atoms with Gasteiger partial charge in [0.05, 0.1) is 6.61 Å². The van der Waals surface area contributed by atoms with Crippen LogP contribution in [-0.2, 0) is 22.7 Å². The number of nitrogens with one attached hydrogen (secondary N) is 2. The first-order valence-electron chi connectivity index (χ1n) is 7.43. The van der Waals surface area contributed by atoms with E-state index >= 15 is 0 Å². The van der Waals surface area contributed by atoms with E-state index in [1.165, 1.54) is 5.56 Å². The molecule has 0 atom stereocenters. The summed E-state index contributed by atoms with van der Waals surface area (Å²) in [7, 11) is 0. The van der Waals surface area contributed by atoms with Crippen molar-refractivity contribution in [2.24, 2.45) is 5.92 Å². The highest BCUT2D eigenvalue weighted by molar-refractivity contribution is 5.85. The summed E-state index contributed by atoms with van der Waals surface area (Å²) in [4.78, 5) is 12.0. The average Bonchev–Trinajstić information content (AvgIpc) is 2.52. The second kappa shape index (κ2) is 9.77. The summed E-state index contributed by atoms with van der Waals surface area (Å²) < 4.78 is 5.36. The van der Waals surface area contributed by atoms with Gasteiger partial charge in [0.15, 0.2) is 0 Å². The van der Waals surface area contributed by atoms with Crippen LogP contribution in [0.5, 0.6) is 0 Å². The maximum Gasteiger partial charge on any atom is 0.223 e. The van der Waals surface area contributed by atoms with Gasteiger partial charge >= 0.3 is 0 Å². The van der Waals surface area contributed by atoms with E-state index in [2.05, 4.69) is 34.9 Å². The van der Waals surface area contributed by atoms with Crippen LogP contribution in [0.2, 0.25) is 0 Å². The lowest BCUT2D eigenvalue weighted by Crippen LogP contribution is -2.37. The Morgan fingerprint density at radius 2 is 1.86 bits per heavy atom. The van der Waals surface area contributed by atoms with Gasteiger partial charge in [0, 0.05) is 19.1 Å². The molecule has 4 nitrogen and oxygen atoms in total. The first kappa shape index (κ1) is 18.0. The Morgan fingerprint density at radius 1 is 1.24 bits per heavy atom. The minimum absolute atomic E-state index is 0. The highest BCUT2D eigenvalue weighted by Crippen LogP contribution is 2.12. The summed E-state index contributed by atoms with van der Waals surface area (Å²) in [6, 6.07) is 8.22. The molecule has 0 radical (unpaired) electrons. The summed E-state index contributed by atoms with van der Waals surface area (Å²) >= 11 is 0. The number of hydrogen-bond donors (Lipinski definition) is 2. The molecule has 118 valence electrons. The van der Waals surface area contributed by atoms with E-state index in [4.69, 9.17) is 4.74 Å². The fraction of sp³-hybridized carbons (Fsp3) is 0.562. The van der Waals surface area contributed by atoms with Gasteiger partial charge in [0.2, 0.25) is 5.91 Å². The smallest absolute Gasteiger partial charge is 0.223 e. The van der Waals surface area contributed by atoms with Crippen molar-refractivity contribution in [3.8, 4) is 0 Å². The zero-order valence-corrected chi connectivity index (χ0v) is 13.4. The van der Waals surface area contributed by atoms with Crippen LogP contribution in [0, 0.1) is 5.92 Å². The largest absolute Gasteiger partial charge is 0.377 e. The molecule has 0 aliphatic carbocycles. The van der Waals surface area contributed by atoms with Crippen molar-refractivity contribution in [2.45, 2.75) is 32.9 Å². The lowest BCUT2D eigenvalue weighted by molar-refractivity contribution is -0.125. The van der Waals surface area contributed by atoms with Crippen molar-refractivity contribution in [3.05, 3.63) is 35.4 Å². The van der Waals surface area contributed by atoms with Crippen LogP contribution < -0.4 is 10.6 Å². The third-order valence-electron chi connectivity index (χ3n) is 3.67. The summed E-state index contributed by atoms with van der Waals surface area (Å²) in [5.74, 6) is 0.360. The van der Waals surface area contributed by atoms with Gasteiger partial charge in [-0.25, -0.2) is 0 Å². The Morgan fingerprint density at radius 3 is 2.48 bits per heavy atom. The molecule has 1 aromatic rings. The van der Waals surface area contributed by atoms with Crippen LogP contribution in [0.3, 0.4) is 0 Å². The van der Waals surface area contributed by atoms with Gasteiger partial charge in [-0.2, -0.15) is 0 Å². The molecule has 21 heavy (non-hydrogen) atoms. The molecule has 0 spiro atoms. The molecule has 1 aliphatic heterocycles. The number of benzene rings is 1. The zero-order valence-electron chi connectivity index (χ0n) is 12.6. The van der Waals surface area contributed by atoms with E-state index < -0.39 is 0 Å². The molecule has 1 fully saturated rings. The van der Waals surface area contributed by atoms with E-state index in [1.807, 2.05) is 6.92 Å². The maximum absolute atomic E-state index is 12.0.